The lowest BCUT2D eigenvalue weighted by Crippen LogP contribution is -2.55. The summed E-state index contributed by atoms with van der Waals surface area (Å²) in [6.45, 7) is 12.3. The number of carbonyl (C=O) groups excluding carboxylic acids is 4. The quantitative estimate of drug-likeness (QED) is 0.0467. The highest BCUT2D eigenvalue weighted by molar-refractivity contribution is 5.88. The fourth-order valence-corrected chi connectivity index (χ4v) is 11.5. The van der Waals surface area contributed by atoms with Crippen molar-refractivity contribution < 1.29 is 19.2 Å². The molecule has 9 nitrogen and oxygen atoms in total. The van der Waals surface area contributed by atoms with Crippen molar-refractivity contribution in [3.05, 3.63) is 24.3 Å². The van der Waals surface area contributed by atoms with E-state index in [4.69, 9.17) is 0 Å². The van der Waals surface area contributed by atoms with Crippen LogP contribution < -0.4 is 10.6 Å². The van der Waals surface area contributed by atoms with Gasteiger partial charge in [-0.2, -0.15) is 0 Å². The molecule has 0 aliphatic heterocycles. The van der Waals surface area contributed by atoms with Gasteiger partial charge in [-0.05, 0) is 122 Å². The summed E-state index contributed by atoms with van der Waals surface area (Å²) in [6, 6.07) is -0.819. The van der Waals surface area contributed by atoms with E-state index in [1.54, 1.807) is 0 Å². The fraction of sp³-hybridized carbons (Fsp3) is 0.873. The molecule has 2 atom stereocenters. The molecule has 418 valence electrons. The minimum absolute atomic E-state index is 0.00673. The van der Waals surface area contributed by atoms with Gasteiger partial charge in [0.1, 0.15) is 12.1 Å². The van der Waals surface area contributed by atoms with Crippen LogP contribution in [0.1, 0.15) is 285 Å². The van der Waals surface area contributed by atoms with Crippen LogP contribution in [0, 0.1) is 11.8 Å². The molecule has 0 saturated heterocycles. The van der Waals surface area contributed by atoms with Gasteiger partial charge in [0.15, 0.2) is 0 Å². The van der Waals surface area contributed by atoms with Gasteiger partial charge in [0.25, 0.3) is 0 Å². The molecule has 0 aromatic heterocycles. The van der Waals surface area contributed by atoms with Crippen LogP contribution in [0.2, 0.25) is 0 Å². The molecule has 2 aliphatic carbocycles. The van der Waals surface area contributed by atoms with Gasteiger partial charge < -0.3 is 25.3 Å². The van der Waals surface area contributed by atoms with Gasteiger partial charge in [0.05, 0.1) is 0 Å². The molecule has 2 N–H and O–H groups in total. The summed E-state index contributed by atoms with van der Waals surface area (Å²) in [7, 11) is 2.04. The summed E-state index contributed by atoms with van der Waals surface area (Å²) < 4.78 is 0. The topological polar surface area (TPSA) is 102 Å². The summed E-state index contributed by atoms with van der Waals surface area (Å²) >= 11 is 0. The first-order chi connectivity index (χ1) is 35.3. The van der Waals surface area contributed by atoms with Gasteiger partial charge >= 0.3 is 0 Å². The maximum absolute atomic E-state index is 14.1. The number of nitrogens with zero attached hydrogens (tertiary/aromatic N) is 3. The highest BCUT2D eigenvalue weighted by Crippen LogP contribution is 2.32. The molecule has 72 heavy (non-hydrogen) atoms. The molecule has 0 bridgehead atoms. The van der Waals surface area contributed by atoms with Crippen molar-refractivity contribution in [2.45, 2.75) is 297 Å². The van der Waals surface area contributed by atoms with Crippen molar-refractivity contribution in [3.8, 4) is 0 Å². The number of likely N-dealkylation sites (N-methyl/N-ethyl adjacent to an activating group) is 1. The Labute approximate surface area is 445 Å². The molecule has 0 aromatic carbocycles. The zero-order chi connectivity index (χ0) is 52.1. The van der Waals surface area contributed by atoms with Crippen LogP contribution in [0.3, 0.4) is 0 Å². The SMILES string of the molecule is CCCCCCCC/C=C\CCCCCCCC(=O)N(CCC)C(C(=O)NCCN(C)CCNC(=O)C(C1CCCCC1)N(CCC)C(=O)CCCCCCC/C=C\CCCCCCCC)C1CCCCC1. The second-order valence-corrected chi connectivity index (χ2v) is 22.4. The number of carbonyl (C=O) groups is 4. The van der Waals surface area contributed by atoms with Crippen LogP contribution in [0.5, 0.6) is 0 Å². The smallest absolute Gasteiger partial charge is 0.243 e. The lowest BCUT2D eigenvalue weighted by Gasteiger charge is -2.38. The van der Waals surface area contributed by atoms with Crippen LogP contribution in [0.4, 0.5) is 0 Å². The summed E-state index contributed by atoms with van der Waals surface area (Å²) in [5.74, 6) is 0.674. The van der Waals surface area contributed by atoms with Crippen molar-refractivity contribution in [2.24, 2.45) is 11.8 Å². The van der Waals surface area contributed by atoms with Crippen molar-refractivity contribution in [2.75, 3.05) is 46.3 Å². The third-order valence-electron chi connectivity index (χ3n) is 15.9. The molecule has 2 saturated carbocycles. The highest BCUT2D eigenvalue weighted by atomic mass is 16.2. The molecule has 0 radical (unpaired) electrons. The van der Waals surface area contributed by atoms with Gasteiger partial charge in [0, 0.05) is 52.1 Å². The standard InChI is InChI=1S/C63H117N5O4/c1-6-10-12-14-16-18-20-22-24-26-28-30-32-34-42-48-58(69)67(52-8-3)60(56-44-38-36-39-45-56)62(71)64-50-54-66(5)55-51-65-63(72)61(57-46-40-37-41-47-57)68(53-9-4)59(70)49-43-35-33-31-29-27-25-23-21-19-17-15-13-11-7-2/h22-25,56-57,60-61H,6-21,26-55H2,1-5H3,(H,64,71)(H,65,72)/b24-22-,25-23-. The van der Waals surface area contributed by atoms with E-state index in [2.05, 4.69) is 67.5 Å². The fourth-order valence-electron chi connectivity index (χ4n) is 11.5. The first kappa shape index (κ1) is 65.4. The molecular weight excluding hydrogens is 891 g/mol. The highest BCUT2D eigenvalue weighted by Gasteiger charge is 2.38. The molecule has 2 unspecified atom stereocenters. The van der Waals surface area contributed by atoms with Crippen molar-refractivity contribution in [3.63, 3.8) is 0 Å². The molecule has 2 fully saturated rings. The third kappa shape index (κ3) is 31.3. The molecule has 0 aromatic rings. The second-order valence-electron chi connectivity index (χ2n) is 22.4. The van der Waals surface area contributed by atoms with E-state index in [9.17, 15) is 19.2 Å². The van der Waals surface area contributed by atoms with E-state index in [-0.39, 0.29) is 35.5 Å². The van der Waals surface area contributed by atoms with Crippen LogP contribution in [-0.2, 0) is 19.2 Å². The number of nitrogens with one attached hydrogen (secondary N) is 2. The number of rotatable bonds is 46. The van der Waals surface area contributed by atoms with Gasteiger partial charge in [0.2, 0.25) is 23.6 Å². The summed E-state index contributed by atoms with van der Waals surface area (Å²) in [6.07, 6.45) is 55.1. The predicted molar refractivity (Wildman–Crippen MR) is 307 cm³/mol. The lowest BCUT2D eigenvalue weighted by molar-refractivity contribution is -0.143. The molecular formula is C63H117N5O4. The Morgan fingerprint density at radius 2 is 0.708 bits per heavy atom. The third-order valence-corrected chi connectivity index (χ3v) is 15.9. The van der Waals surface area contributed by atoms with Gasteiger partial charge in [-0.3, -0.25) is 19.2 Å². The van der Waals surface area contributed by atoms with Gasteiger partial charge in [-0.1, -0.05) is 193 Å². The van der Waals surface area contributed by atoms with Crippen LogP contribution >= 0.6 is 0 Å². The lowest BCUT2D eigenvalue weighted by atomic mass is 9.82. The maximum atomic E-state index is 14.1. The number of hydrogen-bond acceptors (Lipinski definition) is 5. The molecule has 4 amide bonds. The van der Waals surface area contributed by atoms with Crippen LogP contribution in [0.15, 0.2) is 24.3 Å². The predicted octanol–water partition coefficient (Wildman–Crippen LogP) is 15.6. The van der Waals surface area contributed by atoms with Gasteiger partial charge in [-0.15, -0.1) is 0 Å². The Hall–Kier alpha value is -2.68. The zero-order valence-corrected chi connectivity index (χ0v) is 48.1. The Morgan fingerprint density at radius 3 is 1.03 bits per heavy atom. The largest absolute Gasteiger partial charge is 0.353 e. The monoisotopic (exact) mass is 1010 g/mol. The van der Waals surface area contributed by atoms with Gasteiger partial charge in [-0.25, -0.2) is 0 Å². The number of unbranched alkanes of at least 4 members (excludes halogenated alkanes) is 22. The normalized spacial score (nSPS) is 15.6. The maximum Gasteiger partial charge on any atom is 0.243 e. The van der Waals surface area contributed by atoms with E-state index >= 15 is 0 Å². The summed E-state index contributed by atoms with van der Waals surface area (Å²) in [5, 5.41) is 6.52. The Bertz CT molecular complexity index is 1290. The molecule has 2 rings (SSSR count). The minimum Gasteiger partial charge on any atom is -0.353 e. The molecule has 9 heteroatoms. The first-order valence-electron chi connectivity index (χ1n) is 31.4. The van der Waals surface area contributed by atoms with E-state index in [0.717, 1.165) is 116 Å². The van der Waals surface area contributed by atoms with Crippen molar-refractivity contribution >= 4 is 23.6 Å². The second kappa shape index (κ2) is 45.7. The van der Waals surface area contributed by atoms with Crippen molar-refractivity contribution in [1.82, 2.24) is 25.3 Å². The summed E-state index contributed by atoms with van der Waals surface area (Å²) in [4.78, 5) is 62.1. The molecule has 2 aliphatic rings. The first-order valence-corrected chi connectivity index (χ1v) is 31.4. The van der Waals surface area contributed by atoms with E-state index in [1.807, 2.05) is 16.8 Å². The van der Waals surface area contributed by atoms with Crippen LogP contribution in [0.25, 0.3) is 0 Å². The van der Waals surface area contributed by atoms with Crippen LogP contribution in [-0.4, -0.2) is 96.7 Å². The minimum atomic E-state index is -0.409. The average molecular weight is 1010 g/mol. The molecule has 0 heterocycles. The Kier molecular flexibility index (Phi) is 41.5. The van der Waals surface area contributed by atoms with Crippen molar-refractivity contribution in [1.29, 1.82) is 0 Å². The number of amides is 4. The average Bonchev–Trinajstić information content (AvgIpc) is 3.38. The zero-order valence-electron chi connectivity index (χ0n) is 48.1. The van der Waals surface area contributed by atoms with E-state index in [1.165, 1.54) is 128 Å². The Balaban J connectivity index is 1.81. The number of allylic oxidation sites excluding steroid dienone is 4. The summed E-state index contributed by atoms with van der Waals surface area (Å²) in [5.41, 5.74) is 0. The molecule has 0 spiro atoms. The number of hydrogen-bond donors (Lipinski definition) is 2. The van der Waals surface area contributed by atoms with E-state index in [0.29, 0.717) is 52.1 Å². The van der Waals surface area contributed by atoms with E-state index < -0.39 is 12.1 Å². The Morgan fingerprint density at radius 1 is 0.403 bits per heavy atom.